The molecule has 76 valence electrons. The number of halogens is 3. The first-order valence-corrected chi connectivity index (χ1v) is 3.38. The van der Waals surface area contributed by atoms with Crippen molar-refractivity contribution >= 4 is 12.4 Å². The standard InChI is InChI=1S/C7H9F2NO2.ClH/c8-7(9)6(10)5-2-1-4(3-11)12-5;/h1-2,6-7,11H,3,10H2;1H/t6-;/m0./s1. The second-order valence-corrected chi connectivity index (χ2v) is 2.32. The van der Waals surface area contributed by atoms with E-state index in [0.29, 0.717) is 0 Å². The lowest BCUT2D eigenvalue weighted by atomic mass is 10.2. The molecule has 0 aliphatic rings. The third-order valence-corrected chi connectivity index (χ3v) is 1.44. The van der Waals surface area contributed by atoms with Crippen LogP contribution in [0.15, 0.2) is 16.5 Å². The SMILES string of the molecule is Cl.N[C@@H](c1ccc(CO)o1)C(F)F. The van der Waals surface area contributed by atoms with Gasteiger partial charge in [0, 0.05) is 0 Å². The first-order chi connectivity index (χ1) is 5.65. The van der Waals surface area contributed by atoms with Gasteiger partial charge in [0.25, 0.3) is 6.43 Å². The van der Waals surface area contributed by atoms with Gasteiger partial charge < -0.3 is 15.3 Å². The Balaban J connectivity index is 0.00000144. The van der Waals surface area contributed by atoms with Crippen molar-refractivity contribution in [3.05, 3.63) is 23.7 Å². The summed E-state index contributed by atoms with van der Waals surface area (Å²) >= 11 is 0. The van der Waals surface area contributed by atoms with E-state index >= 15 is 0 Å². The smallest absolute Gasteiger partial charge is 0.260 e. The Bertz CT molecular complexity index is 254. The molecule has 3 nitrogen and oxygen atoms in total. The molecule has 0 saturated heterocycles. The van der Waals surface area contributed by atoms with Crippen LogP contribution >= 0.6 is 12.4 Å². The van der Waals surface area contributed by atoms with E-state index in [1.54, 1.807) is 0 Å². The molecule has 1 aromatic rings. The minimum Gasteiger partial charge on any atom is -0.462 e. The summed E-state index contributed by atoms with van der Waals surface area (Å²) in [5.74, 6) is 0.232. The van der Waals surface area contributed by atoms with Gasteiger partial charge >= 0.3 is 0 Å². The highest BCUT2D eigenvalue weighted by Crippen LogP contribution is 2.20. The number of aliphatic hydroxyl groups is 1. The van der Waals surface area contributed by atoms with Gasteiger partial charge in [0.1, 0.15) is 24.2 Å². The highest BCUT2D eigenvalue weighted by molar-refractivity contribution is 5.85. The quantitative estimate of drug-likeness (QED) is 0.799. The molecule has 0 aromatic carbocycles. The van der Waals surface area contributed by atoms with Crippen LogP contribution in [0.4, 0.5) is 8.78 Å². The van der Waals surface area contributed by atoms with Crippen LogP contribution in [0.1, 0.15) is 17.6 Å². The van der Waals surface area contributed by atoms with Crippen LogP contribution in [0.5, 0.6) is 0 Å². The maximum atomic E-state index is 12.0. The zero-order chi connectivity index (χ0) is 9.14. The summed E-state index contributed by atoms with van der Waals surface area (Å²) in [5.41, 5.74) is 5.08. The van der Waals surface area contributed by atoms with Crippen molar-refractivity contribution < 1.29 is 18.3 Å². The third-order valence-electron chi connectivity index (χ3n) is 1.44. The van der Waals surface area contributed by atoms with E-state index in [1.807, 2.05) is 0 Å². The summed E-state index contributed by atoms with van der Waals surface area (Å²) in [4.78, 5) is 0. The Kier molecular flexibility index (Phi) is 4.90. The molecule has 0 amide bonds. The average molecular weight is 214 g/mol. The van der Waals surface area contributed by atoms with E-state index in [2.05, 4.69) is 0 Å². The number of alkyl halides is 2. The van der Waals surface area contributed by atoms with Crippen molar-refractivity contribution in [1.82, 2.24) is 0 Å². The molecule has 0 aliphatic heterocycles. The number of hydrogen-bond acceptors (Lipinski definition) is 3. The number of nitrogens with two attached hydrogens (primary N) is 1. The Hall–Kier alpha value is -0.650. The molecule has 1 rings (SSSR count). The molecule has 0 saturated carbocycles. The van der Waals surface area contributed by atoms with Gasteiger partial charge in [-0.2, -0.15) is 0 Å². The summed E-state index contributed by atoms with van der Waals surface area (Å²) < 4.78 is 28.8. The molecule has 3 N–H and O–H groups in total. The van der Waals surface area contributed by atoms with Gasteiger partial charge in [0.05, 0.1) is 0 Å². The third kappa shape index (κ3) is 2.95. The van der Waals surface area contributed by atoms with E-state index in [-0.39, 0.29) is 30.5 Å². The van der Waals surface area contributed by atoms with Crippen molar-refractivity contribution in [2.75, 3.05) is 0 Å². The molecular formula is C7H10ClF2NO2. The summed E-state index contributed by atoms with van der Waals surface area (Å²) in [6.07, 6.45) is -2.65. The zero-order valence-corrected chi connectivity index (χ0v) is 7.43. The zero-order valence-electron chi connectivity index (χ0n) is 6.61. The predicted molar refractivity (Wildman–Crippen MR) is 44.8 cm³/mol. The maximum Gasteiger partial charge on any atom is 0.260 e. The maximum absolute atomic E-state index is 12.0. The summed E-state index contributed by atoms with van der Waals surface area (Å²) in [5, 5.41) is 8.55. The van der Waals surface area contributed by atoms with E-state index in [9.17, 15) is 8.78 Å². The molecule has 1 aromatic heterocycles. The average Bonchev–Trinajstić information content (AvgIpc) is 2.50. The molecule has 0 unspecified atom stereocenters. The normalized spacial score (nSPS) is 12.7. The molecule has 0 spiro atoms. The second kappa shape index (κ2) is 5.16. The lowest BCUT2D eigenvalue weighted by molar-refractivity contribution is 0.104. The van der Waals surface area contributed by atoms with Gasteiger partial charge in [-0.05, 0) is 12.1 Å². The predicted octanol–water partition coefficient (Wildman–Crippen LogP) is 1.46. The fourth-order valence-corrected chi connectivity index (χ4v) is 0.783. The number of hydrogen-bond donors (Lipinski definition) is 2. The van der Waals surface area contributed by atoms with Crippen molar-refractivity contribution in [2.45, 2.75) is 19.1 Å². The molecule has 0 radical (unpaired) electrons. The topological polar surface area (TPSA) is 59.4 Å². The molecular weight excluding hydrogens is 204 g/mol. The van der Waals surface area contributed by atoms with Crippen molar-refractivity contribution in [1.29, 1.82) is 0 Å². The second-order valence-electron chi connectivity index (χ2n) is 2.32. The van der Waals surface area contributed by atoms with Crippen LogP contribution in [0.3, 0.4) is 0 Å². The van der Waals surface area contributed by atoms with Crippen molar-refractivity contribution in [2.24, 2.45) is 5.73 Å². The van der Waals surface area contributed by atoms with E-state index < -0.39 is 12.5 Å². The minimum absolute atomic E-state index is 0. The van der Waals surface area contributed by atoms with E-state index in [4.69, 9.17) is 15.3 Å². The molecule has 1 heterocycles. The monoisotopic (exact) mass is 213 g/mol. The minimum atomic E-state index is -2.65. The van der Waals surface area contributed by atoms with Crippen molar-refractivity contribution in [3.63, 3.8) is 0 Å². The highest BCUT2D eigenvalue weighted by Gasteiger charge is 2.20. The fourth-order valence-electron chi connectivity index (χ4n) is 0.783. The molecule has 0 aliphatic carbocycles. The Morgan fingerprint density at radius 2 is 2.08 bits per heavy atom. The first kappa shape index (κ1) is 12.3. The van der Waals surface area contributed by atoms with Gasteiger partial charge in [-0.1, -0.05) is 0 Å². The number of furan rings is 1. The van der Waals surface area contributed by atoms with Crippen LogP contribution in [0.2, 0.25) is 0 Å². The summed E-state index contributed by atoms with van der Waals surface area (Å²) in [6, 6.07) is 1.34. The first-order valence-electron chi connectivity index (χ1n) is 3.38. The number of rotatable bonds is 3. The van der Waals surface area contributed by atoms with Crippen LogP contribution in [0, 0.1) is 0 Å². The van der Waals surface area contributed by atoms with Gasteiger partial charge in [-0.25, -0.2) is 8.78 Å². The Morgan fingerprint density at radius 3 is 2.46 bits per heavy atom. The van der Waals surface area contributed by atoms with Gasteiger partial charge in [0.2, 0.25) is 0 Å². The lowest BCUT2D eigenvalue weighted by Crippen LogP contribution is -2.17. The van der Waals surface area contributed by atoms with Crippen LogP contribution in [-0.2, 0) is 6.61 Å². The summed E-state index contributed by atoms with van der Waals surface area (Å²) in [7, 11) is 0. The molecule has 6 heteroatoms. The van der Waals surface area contributed by atoms with E-state index in [0.717, 1.165) is 0 Å². The summed E-state index contributed by atoms with van der Waals surface area (Å²) in [6.45, 7) is -0.310. The van der Waals surface area contributed by atoms with Gasteiger partial charge in [-0.3, -0.25) is 0 Å². The fraction of sp³-hybridized carbons (Fsp3) is 0.429. The molecule has 0 fully saturated rings. The van der Waals surface area contributed by atoms with Gasteiger partial charge in [0.15, 0.2) is 0 Å². The molecule has 1 atom stereocenters. The Labute approximate surface area is 79.9 Å². The Morgan fingerprint density at radius 1 is 1.46 bits per heavy atom. The highest BCUT2D eigenvalue weighted by atomic mass is 35.5. The van der Waals surface area contributed by atoms with Crippen molar-refractivity contribution in [3.8, 4) is 0 Å². The lowest BCUT2D eigenvalue weighted by Gasteiger charge is -2.05. The largest absolute Gasteiger partial charge is 0.462 e. The molecule has 13 heavy (non-hydrogen) atoms. The van der Waals surface area contributed by atoms with Crippen LogP contribution < -0.4 is 5.73 Å². The van der Waals surface area contributed by atoms with Crippen LogP contribution in [0.25, 0.3) is 0 Å². The van der Waals surface area contributed by atoms with E-state index in [1.165, 1.54) is 12.1 Å². The van der Waals surface area contributed by atoms with Crippen LogP contribution in [-0.4, -0.2) is 11.5 Å². The molecule has 0 bridgehead atoms. The number of aliphatic hydroxyl groups excluding tert-OH is 1. The van der Waals surface area contributed by atoms with Gasteiger partial charge in [-0.15, -0.1) is 12.4 Å².